The summed E-state index contributed by atoms with van der Waals surface area (Å²) >= 11 is 0. The Morgan fingerprint density at radius 3 is 2.80 bits per heavy atom. The number of aromatic nitrogens is 2. The van der Waals surface area contributed by atoms with E-state index < -0.39 is 0 Å². The monoisotopic (exact) mass is 275 g/mol. The Morgan fingerprint density at radius 2 is 2.15 bits per heavy atom. The van der Waals surface area contributed by atoms with Crippen LogP contribution in [0.15, 0.2) is 6.20 Å². The summed E-state index contributed by atoms with van der Waals surface area (Å²) in [7, 11) is 0. The first kappa shape index (κ1) is 13.8. The standard InChI is InChI=1S/C16H25N3O/c1-12-13(2)18-15(9-17-12)19-7-3-6-16(10-19,11-20)8-14-4-5-14/h9,14,20H,3-8,10-11H2,1-2H3/t16-/m0/s1. The van der Waals surface area contributed by atoms with E-state index >= 15 is 0 Å². The number of rotatable bonds is 4. The molecule has 1 N–H and O–H groups in total. The average molecular weight is 275 g/mol. The SMILES string of the molecule is Cc1ncc(N2CCC[C@](CO)(CC3CC3)C2)nc1C. The molecule has 4 heteroatoms. The fourth-order valence-electron chi connectivity index (χ4n) is 3.38. The molecule has 2 aliphatic rings. The second-order valence-electron chi connectivity index (χ2n) is 6.73. The predicted molar refractivity (Wildman–Crippen MR) is 79.8 cm³/mol. The van der Waals surface area contributed by atoms with E-state index in [1.165, 1.54) is 19.3 Å². The van der Waals surface area contributed by atoms with Crippen molar-refractivity contribution in [2.24, 2.45) is 11.3 Å². The van der Waals surface area contributed by atoms with Gasteiger partial charge in [0, 0.05) is 18.5 Å². The van der Waals surface area contributed by atoms with E-state index in [-0.39, 0.29) is 5.41 Å². The summed E-state index contributed by atoms with van der Waals surface area (Å²) in [5.74, 6) is 1.83. The maximum absolute atomic E-state index is 9.92. The number of piperidine rings is 1. The highest BCUT2D eigenvalue weighted by atomic mass is 16.3. The lowest BCUT2D eigenvalue weighted by Crippen LogP contribution is -2.46. The maximum atomic E-state index is 9.92. The van der Waals surface area contributed by atoms with Crippen LogP contribution in [0, 0.1) is 25.2 Å². The van der Waals surface area contributed by atoms with Gasteiger partial charge in [-0.15, -0.1) is 0 Å². The van der Waals surface area contributed by atoms with Crippen molar-refractivity contribution in [3.05, 3.63) is 17.6 Å². The van der Waals surface area contributed by atoms with Crippen molar-refractivity contribution >= 4 is 5.82 Å². The first-order valence-electron chi connectivity index (χ1n) is 7.78. The summed E-state index contributed by atoms with van der Waals surface area (Å²) < 4.78 is 0. The van der Waals surface area contributed by atoms with Crippen LogP contribution in [-0.4, -0.2) is 34.8 Å². The molecule has 0 unspecified atom stereocenters. The van der Waals surface area contributed by atoms with Crippen molar-refractivity contribution < 1.29 is 5.11 Å². The summed E-state index contributed by atoms with van der Waals surface area (Å²) in [5, 5.41) is 9.92. The van der Waals surface area contributed by atoms with Gasteiger partial charge in [0.2, 0.25) is 0 Å². The molecule has 1 saturated carbocycles. The van der Waals surface area contributed by atoms with Gasteiger partial charge < -0.3 is 10.0 Å². The lowest BCUT2D eigenvalue weighted by molar-refractivity contribution is 0.0901. The fourth-order valence-corrected chi connectivity index (χ4v) is 3.38. The van der Waals surface area contributed by atoms with Crippen LogP contribution < -0.4 is 4.90 Å². The molecule has 0 amide bonds. The largest absolute Gasteiger partial charge is 0.396 e. The minimum atomic E-state index is 0.0832. The molecule has 1 aromatic rings. The van der Waals surface area contributed by atoms with E-state index in [0.717, 1.165) is 49.1 Å². The molecule has 20 heavy (non-hydrogen) atoms. The summed E-state index contributed by atoms with van der Waals surface area (Å²) in [5.41, 5.74) is 2.09. The molecule has 0 radical (unpaired) electrons. The topological polar surface area (TPSA) is 49.2 Å². The fraction of sp³-hybridized carbons (Fsp3) is 0.750. The second-order valence-corrected chi connectivity index (χ2v) is 6.73. The Labute approximate surface area is 121 Å². The summed E-state index contributed by atoms with van der Waals surface area (Å²) in [6, 6.07) is 0. The Morgan fingerprint density at radius 1 is 1.35 bits per heavy atom. The van der Waals surface area contributed by atoms with Crippen molar-refractivity contribution in [1.82, 2.24) is 9.97 Å². The molecule has 1 aliphatic carbocycles. The van der Waals surface area contributed by atoms with E-state index in [4.69, 9.17) is 0 Å². The van der Waals surface area contributed by atoms with Crippen LogP contribution >= 0.6 is 0 Å². The summed E-state index contributed by atoms with van der Waals surface area (Å²) in [6.07, 6.45) is 8.05. The zero-order valence-corrected chi connectivity index (χ0v) is 12.6. The summed E-state index contributed by atoms with van der Waals surface area (Å²) in [4.78, 5) is 11.4. The van der Waals surface area contributed by atoms with Crippen molar-refractivity contribution in [2.45, 2.75) is 46.0 Å². The number of aliphatic hydroxyl groups is 1. The molecule has 2 heterocycles. The Balaban J connectivity index is 1.77. The average Bonchev–Trinajstić information content (AvgIpc) is 3.26. The number of hydrogen-bond acceptors (Lipinski definition) is 4. The molecule has 1 aromatic heterocycles. The molecule has 110 valence electrons. The Bertz CT molecular complexity index is 487. The maximum Gasteiger partial charge on any atom is 0.147 e. The first-order valence-corrected chi connectivity index (χ1v) is 7.78. The van der Waals surface area contributed by atoms with E-state index in [0.29, 0.717) is 6.61 Å². The predicted octanol–water partition coefficient (Wildman–Crippen LogP) is 2.47. The molecular weight excluding hydrogens is 250 g/mol. The Kier molecular flexibility index (Phi) is 3.67. The van der Waals surface area contributed by atoms with Crippen LogP contribution in [0.3, 0.4) is 0 Å². The van der Waals surface area contributed by atoms with E-state index in [2.05, 4.69) is 14.9 Å². The number of aryl methyl sites for hydroxylation is 2. The first-order chi connectivity index (χ1) is 9.62. The van der Waals surface area contributed by atoms with Gasteiger partial charge >= 0.3 is 0 Å². The zero-order valence-electron chi connectivity index (χ0n) is 12.6. The molecule has 4 nitrogen and oxygen atoms in total. The highest BCUT2D eigenvalue weighted by Gasteiger charge is 2.40. The molecule has 2 fully saturated rings. The molecular formula is C16H25N3O. The van der Waals surface area contributed by atoms with Gasteiger partial charge in [-0.1, -0.05) is 12.8 Å². The van der Waals surface area contributed by atoms with Crippen LogP contribution in [-0.2, 0) is 0 Å². The molecule has 0 bridgehead atoms. The van der Waals surface area contributed by atoms with Gasteiger partial charge in [0.15, 0.2) is 0 Å². The minimum Gasteiger partial charge on any atom is -0.396 e. The molecule has 1 atom stereocenters. The van der Waals surface area contributed by atoms with Gasteiger partial charge in [-0.2, -0.15) is 0 Å². The smallest absolute Gasteiger partial charge is 0.147 e. The van der Waals surface area contributed by atoms with Gasteiger partial charge in [-0.25, -0.2) is 4.98 Å². The number of hydrogen-bond donors (Lipinski definition) is 1. The van der Waals surface area contributed by atoms with Gasteiger partial charge in [-0.3, -0.25) is 4.98 Å². The van der Waals surface area contributed by atoms with Crippen LogP contribution in [0.4, 0.5) is 5.82 Å². The zero-order chi connectivity index (χ0) is 14.2. The van der Waals surface area contributed by atoms with Crippen LogP contribution in [0.5, 0.6) is 0 Å². The van der Waals surface area contributed by atoms with Gasteiger partial charge in [-0.05, 0) is 39.0 Å². The molecule has 3 rings (SSSR count). The minimum absolute atomic E-state index is 0.0832. The Hall–Kier alpha value is -1.16. The summed E-state index contributed by atoms with van der Waals surface area (Å²) in [6.45, 7) is 6.27. The lowest BCUT2D eigenvalue weighted by Gasteiger charge is -2.42. The normalized spacial score (nSPS) is 26.9. The van der Waals surface area contributed by atoms with Gasteiger partial charge in [0.25, 0.3) is 0 Å². The van der Waals surface area contributed by atoms with Crippen LogP contribution in [0.1, 0.15) is 43.5 Å². The highest BCUT2D eigenvalue weighted by Crippen LogP contribution is 2.44. The van der Waals surface area contributed by atoms with Crippen LogP contribution in [0.25, 0.3) is 0 Å². The van der Waals surface area contributed by atoms with E-state index in [9.17, 15) is 5.11 Å². The number of aliphatic hydroxyl groups excluding tert-OH is 1. The van der Waals surface area contributed by atoms with Crippen molar-refractivity contribution in [1.29, 1.82) is 0 Å². The second kappa shape index (κ2) is 5.32. The quantitative estimate of drug-likeness (QED) is 0.917. The molecule has 0 aromatic carbocycles. The van der Waals surface area contributed by atoms with Crippen molar-refractivity contribution in [3.8, 4) is 0 Å². The van der Waals surface area contributed by atoms with Crippen molar-refractivity contribution in [3.63, 3.8) is 0 Å². The number of anilines is 1. The third-order valence-electron chi connectivity index (χ3n) is 4.92. The van der Waals surface area contributed by atoms with E-state index in [1.807, 2.05) is 20.0 Å². The number of nitrogens with zero attached hydrogens (tertiary/aromatic N) is 3. The molecule has 1 aliphatic heterocycles. The molecule has 1 saturated heterocycles. The molecule has 0 spiro atoms. The van der Waals surface area contributed by atoms with E-state index in [1.54, 1.807) is 0 Å². The lowest BCUT2D eigenvalue weighted by atomic mass is 9.76. The van der Waals surface area contributed by atoms with Crippen molar-refractivity contribution in [2.75, 3.05) is 24.6 Å². The third kappa shape index (κ3) is 2.80. The van der Waals surface area contributed by atoms with Gasteiger partial charge in [0.1, 0.15) is 5.82 Å². The van der Waals surface area contributed by atoms with Crippen LogP contribution in [0.2, 0.25) is 0 Å². The third-order valence-corrected chi connectivity index (χ3v) is 4.92. The van der Waals surface area contributed by atoms with Gasteiger partial charge in [0.05, 0.1) is 24.2 Å². The highest BCUT2D eigenvalue weighted by molar-refractivity contribution is 5.38.